The van der Waals surface area contributed by atoms with E-state index in [9.17, 15) is 19.3 Å². The van der Waals surface area contributed by atoms with Crippen molar-refractivity contribution in [3.63, 3.8) is 0 Å². The minimum atomic E-state index is -0.531. The molecule has 0 aliphatic heterocycles. The number of hydrogen-bond acceptors (Lipinski definition) is 3. The number of anilines is 1. The lowest BCUT2D eigenvalue weighted by molar-refractivity contribution is -0.385. The zero-order chi connectivity index (χ0) is 15.4. The van der Waals surface area contributed by atoms with Crippen molar-refractivity contribution in [1.29, 1.82) is 0 Å². The molecular formula is C14H10BrFN2O3. The molecule has 0 heterocycles. The molecule has 0 spiro atoms. The van der Waals surface area contributed by atoms with Gasteiger partial charge in [0.25, 0.3) is 5.69 Å². The summed E-state index contributed by atoms with van der Waals surface area (Å²) in [6.07, 6.45) is -0.138. The molecule has 2 aromatic rings. The molecule has 0 radical (unpaired) electrons. The second-order valence-corrected chi connectivity index (χ2v) is 5.09. The van der Waals surface area contributed by atoms with Crippen LogP contribution in [0.1, 0.15) is 5.56 Å². The maximum absolute atomic E-state index is 13.0. The lowest BCUT2D eigenvalue weighted by atomic mass is 10.1. The molecule has 0 bridgehead atoms. The van der Waals surface area contributed by atoms with Crippen LogP contribution in [0, 0.1) is 15.9 Å². The van der Waals surface area contributed by atoms with Crippen LogP contribution in [-0.4, -0.2) is 10.8 Å². The van der Waals surface area contributed by atoms with Crippen molar-refractivity contribution < 1.29 is 14.1 Å². The van der Waals surface area contributed by atoms with Crippen LogP contribution in [-0.2, 0) is 11.2 Å². The molecule has 0 aliphatic carbocycles. The maximum atomic E-state index is 13.0. The van der Waals surface area contributed by atoms with Gasteiger partial charge in [-0.05, 0) is 34.1 Å². The summed E-state index contributed by atoms with van der Waals surface area (Å²) in [4.78, 5) is 22.3. The number of carbonyl (C=O) groups is 1. The van der Waals surface area contributed by atoms with E-state index in [0.29, 0.717) is 15.7 Å². The van der Waals surface area contributed by atoms with Gasteiger partial charge in [0.1, 0.15) is 5.82 Å². The SMILES string of the molecule is O=C(Cc1ccccc1[N+](=O)[O-])Nc1ccc(F)cc1Br. The van der Waals surface area contributed by atoms with E-state index in [0.717, 1.165) is 0 Å². The first kappa shape index (κ1) is 15.1. The Morgan fingerprint density at radius 3 is 2.67 bits per heavy atom. The lowest BCUT2D eigenvalue weighted by Crippen LogP contribution is -2.15. The average Bonchev–Trinajstić information content (AvgIpc) is 2.42. The fourth-order valence-corrected chi connectivity index (χ4v) is 2.25. The van der Waals surface area contributed by atoms with Gasteiger partial charge in [0.15, 0.2) is 0 Å². The number of nitrogens with zero attached hydrogens (tertiary/aromatic N) is 1. The molecule has 1 N–H and O–H groups in total. The normalized spacial score (nSPS) is 10.2. The Balaban J connectivity index is 2.14. The number of nitrogens with one attached hydrogen (secondary N) is 1. The van der Waals surface area contributed by atoms with Gasteiger partial charge in [-0.15, -0.1) is 0 Å². The first-order chi connectivity index (χ1) is 9.97. The van der Waals surface area contributed by atoms with E-state index < -0.39 is 16.6 Å². The summed E-state index contributed by atoms with van der Waals surface area (Å²) in [6, 6.07) is 9.88. The molecule has 0 atom stereocenters. The molecule has 2 aromatic carbocycles. The van der Waals surface area contributed by atoms with Crippen molar-refractivity contribution in [1.82, 2.24) is 0 Å². The molecule has 0 saturated carbocycles. The van der Waals surface area contributed by atoms with Gasteiger partial charge in [-0.1, -0.05) is 18.2 Å². The van der Waals surface area contributed by atoms with Crippen LogP contribution in [0.15, 0.2) is 46.9 Å². The quantitative estimate of drug-likeness (QED) is 0.673. The van der Waals surface area contributed by atoms with Crippen LogP contribution >= 0.6 is 15.9 Å². The Morgan fingerprint density at radius 1 is 1.29 bits per heavy atom. The van der Waals surface area contributed by atoms with E-state index in [1.54, 1.807) is 6.07 Å². The molecule has 5 nitrogen and oxygen atoms in total. The summed E-state index contributed by atoms with van der Waals surface area (Å²) in [5.41, 5.74) is 0.615. The summed E-state index contributed by atoms with van der Waals surface area (Å²) in [5, 5.41) is 13.5. The molecular weight excluding hydrogens is 343 g/mol. The zero-order valence-corrected chi connectivity index (χ0v) is 12.3. The third-order valence-corrected chi connectivity index (χ3v) is 3.40. The largest absolute Gasteiger partial charge is 0.325 e. The Hall–Kier alpha value is -2.28. The Kier molecular flexibility index (Phi) is 4.64. The van der Waals surface area contributed by atoms with E-state index in [1.807, 2.05) is 0 Å². The Morgan fingerprint density at radius 2 is 2.00 bits per heavy atom. The number of nitro groups is 1. The predicted octanol–water partition coefficient (Wildman–Crippen LogP) is 3.68. The number of amides is 1. The molecule has 7 heteroatoms. The second-order valence-electron chi connectivity index (χ2n) is 4.23. The number of rotatable bonds is 4. The topological polar surface area (TPSA) is 72.2 Å². The van der Waals surface area contributed by atoms with Gasteiger partial charge in [-0.25, -0.2) is 4.39 Å². The van der Waals surface area contributed by atoms with Crippen LogP contribution in [0.3, 0.4) is 0 Å². The number of hydrogen-bond donors (Lipinski definition) is 1. The molecule has 0 saturated heterocycles. The van der Waals surface area contributed by atoms with Crippen LogP contribution in [0.25, 0.3) is 0 Å². The molecule has 1 amide bonds. The number of halogens is 2. The Labute approximate surface area is 128 Å². The van der Waals surface area contributed by atoms with Gasteiger partial charge >= 0.3 is 0 Å². The van der Waals surface area contributed by atoms with E-state index in [-0.39, 0.29) is 12.1 Å². The third kappa shape index (κ3) is 3.85. The molecule has 0 fully saturated rings. The maximum Gasteiger partial charge on any atom is 0.273 e. The highest BCUT2D eigenvalue weighted by molar-refractivity contribution is 9.10. The lowest BCUT2D eigenvalue weighted by Gasteiger charge is -2.07. The molecule has 0 unspecified atom stereocenters. The van der Waals surface area contributed by atoms with Crippen molar-refractivity contribution in [3.05, 3.63) is 68.4 Å². The minimum absolute atomic E-state index is 0.106. The number of carbonyl (C=O) groups excluding carboxylic acids is 1. The molecule has 0 aromatic heterocycles. The van der Waals surface area contributed by atoms with Gasteiger partial charge in [-0.3, -0.25) is 14.9 Å². The van der Waals surface area contributed by atoms with Gasteiger partial charge in [0.05, 0.1) is 17.0 Å². The summed E-state index contributed by atoms with van der Waals surface area (Å²) in [7, 11) is 0. The Bertz CT molecular complexity index is 706. The van der Waals surface area contributed by atoms with Crippen LogP contribution < -0.4 is 5.32 Å². The van der Waals surface area contributed by atoms with Crippen LogP contribution in [0.2, 0.25) is 0 Å². The van der Waals surface area contributed by atoms with E-state index >= 15 is 0 Å². The highest BCUT2D eigenvalue weighted by atomic mass is 79.9. The smallest absolute Gasteiger partial charge is 0.273 e. The van der Waals surface area contributed by atoms with E-state index in [1.165, 1.54) is 36.4 Å². The monoisotopic (exact) mass is 352 g/mol. The van der Waals surface area contributed by atoms with E-state index in [2.05, 4.69) is 21.2 Å². The average molecular weight is 353 g/mol. The van der Waals surface area contributed by atoms with Crippen molar-refractivity contribution in [2.24, 2.45) is 0 Å². The van der Waals surface area contributed by atoms with Gasteiger partial charge in [0.2, 0.25) is 5.91 Å². The predicted molar refractivity (Wildman–Crippen MR) is 79.5 cm³/mol. The first-order valence-corrected chi connectivity index (χ1v) is 6.74. The van der Waals surface area contributed by atoms with E-state index in [4.69, 9.17) is 0 Å². The van der Waals surface area contributed by atoms with Gasteiger partial charge < -0.3 is 5.32 Å². The standard InChI is InChI=1S/C14H10BrFN2O3/c15-11-8-10(16)5-6-12(11)17-14(19)7-9-3-1-2-4-13(9)18(20)21/h1-6,8H,7H2,(H,17,19). The van der Waals surface area contributed by atoms with Crippen molar-refractivity contribution in [2.75, 3.05) is 5.32 Å². The van der Waals surface area contributed by atoms with Crippen molar-refractivity contribution in [2.45, 2.75) is 6.42 Å². The van der Waals surface area contributed by atoms with Gasteiger partial charge in [0, 0.05) is 16.1 Å². The number of benzene rings is 2. The van der Waals surface area contributed by atoms with Gasteiger partial charge in [-0.2, -0.15) is 0 Å². The fourth-order valence-electron chi connectivity index (χ4n) is 1.80. The second kappa shape index (κ2) is 6.45. The summed E-state index contributed by atoms with van der Waals surface area (Å²) in [5.74, 6) is -0.852. The highest BCUT2D eigenvalue weighted by Crippen LogP contribution is 2.24. The molecule has 2 rings (SSSR count). The number of nitro benzene ring substituents is 1. The fraction of sp³-hybridized carbons (Fsp3) is 0.0714. The molecule has 0 aliphatic rings. The molecule has 108 valence electrons. The van der Waals surface area contributed by atoms with Crippen LogP contribution in [0.4, 0.5) is 15.8 Å². The zero-order valence-electron chi connectivity index (χ0n) is 10.7. The van der Waals surface area contributed by atoms with Crippen molar-refractivity contribution in [3.8, 4) is 0 Å². The highest BCUT2D eigenvalue weighted by Gasteiger charge is 2.16. The summed E-state index contributed by atoms with van der Waals surface area (Å²) >= 11 is 3.14. The third-order valence-electron chi connectivity index (χ3n) is 2.74. The molecule has 21 heavy (non-hydrogen) atoms. The number of para-hydroxylation sites is 1. The van der Waals surface area contributed by atoms with Crippen molar-refractivity contribution >= 4 is 33.2 Å². The summed E-state index contributed by atoms with van der Waals surface area (Å²) < 4.78 is 13.4. The summed E-state index contributed by atoms with van der Waals surface area (Å²) in [6.45, 7) is 0. The minimum Gasteiger partial charge on any atom is -0.325 e. The first-order valence-electron chi connectivity index (χ1n) is 5.94. The van der Waals surface area contributed by atoms with Crippen LogP contribution in [0.5, 0.6) is 0 Å².